The Bertz CT molecular complexity index is 399. The van der Waals surface area contributed by atoms with Crippen LogP contribution in [0.3, 0.4) is 0 Å². The predicted molar refractivity (Wildman–Crippen MR) is 61.8 cm³/mol. The summed E-state index contributed by atoms with van der Waals surface area (Å²) in [6.07, 6.45) is 8.24. The molecule has 0 unspecified atom stereocenters. The molecule has 0 aliphatic heterocycles. The van der Waals surface area contributed by atoms with Gasteiger partial charge in [0.25, 0.3) is 0 Å². The molecule has 1 heterocycles. The fourth-order valence-corrected chi connectivity index (χ4v) is 1.07. The standard InChI is InChI=1S/C11H11ClN2O/c1-2-3-4-7-10(15)14-9-6-5-8-13-11(9)12/h2-8H,1H3,(H,14,15). The molecule has 1 N–H and O–H groups in total. The Kier molecular flexibility index (Phi) is 4.57. The van der Waals surface area contributed by atoms with E-state index in [0.29, 0.717) is 5.69 Å². The second kappa shape index (κ2) is 5.98. The normalized spacial score (nSPS) is 11.1. The van der Waals surface area contributed by atoms with Crippen molar-refractivity contribution in [2.45, 2.75) is 6.92 Å². The minimum Gasteiger partial charge on any atom is -0.320 e. The Morgan fingerprint density at radius 1 is 1.53 bits per heavy atom. The molecule has 0 aliphatic carbocycles. The second-order valence-electron chi connectivity index (χ2n) is 2.72. The zero-order chi connectivity index (χ0) is 11.1. The number of anilines is 1. The van der Waals surface area contributed by atoms with Crippen LogP contribution in [0.15, 0.2) is 42.6 Å². The topological polar surface area (TPSA) is 42.0 Å². The number of pyridine rings is 1. The van der Waals surface area contributed by atoms with E-state index in [1.807, 2.05) is 13.0 Å². The molecule has 0 fully saturated rings. The molecule has 1 amide bonds. The minimum absolute atomic E-state index is 0.233. The number of amides is 1. The Balaban J connectivity index is 2.63. The van der Waals surface area contributed by atoms with Gasteiger partial charge in [0.1, 0.15) is 0 Å². The van der Waals surface area contributed by atoms with E-state index in [0.717, 1.165) is 0 Å². The number of allylic oxidation sites excluding steroid dienone is 3. The fourth-order valence-electron chi connectivity index (χ4n) is 0.908. The quantitative estimate of drug-likeness (QED) is 0.486. The van der Waals surface area contributed by atoms with Crippen LogP contribution in [-0.4, -0.2) is 10.9 Å². The molecule has 1 aromatic rings. The highest BCUT2D eigenvalue weighted by Gasteiger charge is 2.01. The number of hydrogen-bond donors (Lipinski definition) is 1. The molecule has 4 heteroatoms. The molecule has 1 rings (SSSR count). The van der Waals surface area contributed by atoms with Crippen LogP contribution in [0.5, 0.6) is 0 Å². The lowest BCUT2D eigenvalue weighted by atomic mass is 10.4. The summed E-state index contributed by atoms with van der Waals surface area (Å²) < 4.78 is 0. The van der Waals surface area contributed by atoms with Crippen molar-refractivity contribution in [2.24, 2.45) is 0 Å². The van der Waals surface area contributed by atoms with Crippen LogP contribution in [0, 0.1) is 0 Å². The summed E-state index contributed by atoms with van der Waals surface area (Å²) in [5.41, 5.74) is 0.509. The van der Waals surface area contributed by atoms with Crippen LogP contribution in [0.2, 0.25) is 5.15 Å². The average Bonchev–Trinajstić information content (AvgIpc) is 2.22. The Hall–Kier alpha value is -1.61. The van der Waals surface area contributed by atoms with Crippen molar-refractivity contribution < 1.29 is 4.79 Å². The summed E-state index contributed by atoms with van der Waals surface area (Å²) in [5.74, 6) is -0.233. The maximum absolute atomic E-state index is 11.3. The third kappa shape index (κ3) is 3.95. The Morgan fingerprint density at radius 3 is 3.00 bits per heavy atom. The third-order valence-electron chi connectivity index (χ3n) is 1.57. The molecule has 78 valence electrons. The monoisotopic (exact) mass is 222 g/mol. The number of carbonyl (C=O) groups is 1. The van der Waals surface area contributed by atoms with Crippen molar-refractivity contribution in [3.8, 4) is 0 Å². The lowest BCUT2D eigenvalue weighted by molar-refractivity contribution is -0.111. The molecule has 0 saturated carbocycles. The smallest absolute Gasteiger partial charge is 0.248 e. The van der Waals surface area contributed by atoms with E-state index in [9.17, 15) is 4.79 Å². The maximum atomic E-state index is 11.3. The van der Waals surface area contributed by atoms with Gasteiger partial charge >= 0.3 is 0 Å². The Labute approximate surface area is 93.5 Å². The summed E-state index contributed by atoms with van der Waals surface area (Å²) in [7, 11) is 0. The Morgan fingerprint density at radius 2 is 2.33 bits per heavy atom. The number of nitrogens with zero attached hydrogens (tertiary/aromatic N) is 1. The highest BCUT2D eigenvalue weighted by Crippen LogP contribution is 2.16. The van der Waals surface area contributed by atoms with Gasteiger partial charge in [-0.3, -0.25) is 4.79 Å². The first-order valence-corrected chi connectivity index (χ1v) is 4.82. The van der Waals surface area contributed by atoms with E-state index < -0.39 is 0 Å². The van der Waals surface area contributed by atoms with Crippen molar-refractivity contribution in [2.75, 3.05) is 5.32 Å². The summed E-state index contributed by atoms with van der Waals surface area (Å²) >= 11 is 5.77. The van der Waals surface area contributed by atoms with Gasteiger partial charge in [-0.15, -0.1) is 0 Å². The number of hydrogen-bond acceptors (Lipinski definition) is 2. The second-order valence-corrected chi connectivity index (χ2v) is 3.07. The number of carbonyl (C=O) groups excluding carboxylic acids is 1. The summed E-state index contributed by atoms with van der Waals surface area (Å²) in [4.78, 5) is 15.2. The molecule has 0 spiro atoms. The van der Waals surface area contributed by atoms with Gasteiger partial charge in [0.15, 0.2) is 5.15 Å². The van der Waals surface area contributed by atoms with Crippen LogP contribution < -0.4 is 5.32 Å². The van der Waals surface area contributed by atoms with Crippen LogP contribution in [-0.2, 0) is 4.79 Å². The van der Waals surface area contributed by atoms with Crippen molar-refractivity contribution in [1.29, 1.82) is 0 Å². The molecule has 0 aromatic carbocycles. The number of halogens is 1. The zero-order valence-corrected chi connectivity index (χ0v) is 9.03. The first-order chi connectivity index (χ1) is 7.24. The molecule has 0 atom stereocenters. The van der Waals surface area contributed by atoms with E-state index in [4.69, 9.17) is 11.6 Å². The molecule has 3 nitrogen and oxygen atoms in total. The average molecular weight is 223 g/mol. The van der Waals surface area contributed by atoms with Crippen LogP contribution >= 0.6 is 11.6 Å². The van der Waals surface area contributed by atoms with Crippen molar-refractivity contribution >= 4 is 23.2 Å². The van der Waals surface area contributed by atoms with Gasteiger partial charge in [0, 0.05) is 12.3 Å². The molecule has 0 aliphatic rings. The fraction of sp³-hybridized carbons (Fsp3) is 0.0909. The summed E-state index contributed by atoms with van der Waals surface area (Å²) in [6.45, 7) is 1.88. The van der Waals surface area contributed by atoms with Gasteiger partial charge in [-0.1, -0.05) is 29.8 Å². The first kappa shape index (κ1) is 11.5. The minimum atomic E-state index is -0.233. The van der Waals surface area contributed by atoms with E-state index in [1.54, 1.807) is 30.5 Å². The molecular weight excluding hydrogens is 212 g/mol. The SMILES string of the molecule is CC=CC=CC(=O)Nc1cccnc1Cl. The molecule has 1 aromatic heterocycles. The third-order valence-corrected chi connectivity index (χ3v) is 1.87. The summed E-state index contributed by atoms with van der Waals surface area (Å²) in [6, 6.07) is 3.40. The van der Waals surface area contributed by atoms with Crippen molar-refractivity contribution in [1.82, 2.24) is 4.98 Å². The van der Waals surface area contributed by atoms with Crippen LogP contribution in [0.25, 0.3) is 0 Å². The summed E-state index contributed by atoms with van der Waals surface area (Å²) in [5, 5.41) is 2.90. The number of rotatable bonds is 3. The predicted octanol–water partition coefficient (Wildman–Crippen LogP) is 2.81. The van der Waals surface area contributed by atoms with E-state index in [2.05, 4.69) is 10.3 Å². The maximum Gasteiger partial charge on any atom is 0.248 e. The highest BCUT2D eigenvalue weighted by molar-refractivity contribution is 6.32. The molecule has 0 bridgehead atoms. The van der Waals surface area contributed by atoms with Gasteiger partial charge in [-0.25, -0.2) is 4.98 Å². The van der Waals surface area contributed by atoms with Gasteiger partial charge in [0.05, 0.1) is 5.69 Å². The molecule has 0 radical (unpaired) electrons. The largest absolute Gasteiger partial charge is 0.320 e. The van der Waals surface area contributed by atoms with Gasteiger partial charge < -0.3 is 5.32 Å². The van der Waals surface area contributed by atoms with E-state index >= 15 is 0 Å². The lowest BCUT2D eigenvalue weighted by Gasteiger charge is -2.02. The first-order valence-electron chi connectivity index (χ1n) is 4.45. The zero-order valence-electron chi connectivity index (χ0n) is 8.27. The van der Waals surface area contributed by atoms with Gasteiger partial charge in [0.2, 0.25) is 5.91 Å². The van der Waals surface area contributed by atoms with Crippen molar-refractivity contribution in [3.63, 3.8) is 0 Å². The lowest BCUT2D eigenvalue weighted by Crippen LogP contribution is -2.08. The van der Waals surface area contributed by atoms with E-state index in [1.165, 1.54) is 6.08 Å². The highest BCUT2D eigenvalue weighted by atomic mass is 35.5. The van der Waals surface area contributed by atoms with Crippen molar-refractivity contribution in [3.05, 3.63) is 47.8 Å². The molecule has 15 heavy (non-hydrogen) atoms. The van der Waals surface area contributed by atoms with Gasteiger partial charge in [-0.05, 0) is 19.1 Å². The molecular formula is C11H11ClN2O. The van der Waals surface area contributed by atoms with Crippen LogP contribution in [0.1, 0.15) is 6.92 Å². The number of nitrogens with one attached hydrogen (secondary N) is 1. The number of aromatic nitrogens is 1. The van der Waals surface area contributed by atoms with E-state index in [-0.39, 0.29) is 11.1 Å². The van der Waals surface area contributed by atoms with Gasteiger partial charge in [-0.2, -0.15) is 0 Å². The molecule has 0 saturated heterocycles. The van der Waals surface area contributed by atoms with Crippen LogP contribution in [0.4, 0.5) is 5.69 Å².